The van der Waals surface area contributed by atoms with Gasteiger partial charge in [0.15, 0.2) is 0 Å². The summed E-state index contributed by atoms with van der Waals surface area (Å²) in [6.07, 6.45) is 0.842. The van der Waals surface area contributed by atoms with Gasteiger partial charge >= 0.3 is 11.9 Å². The fraction of sp³-hybridized carbons (Fsp3) is 0.391. The van der Waals surface area contributed by atoms with E-state index in [0.29, 0.717) is 11.1 Å². The number of benzene rings is 2. The van der Waals surface area contributed by atoms with Gasteiger partial charge in [-0.3, -0.25) is 0 Å². The molecule has 6 nitrogen and oxygen atoms in total. The molecule has 2 bridgehead atoms. The second-order valence-electron chi connectivity index (χ2n) is 7.75. The fourth-order valence-corrected chi connectivity index (χ4v) is 5.99. The van der Waals surface area contributed by atoms with E-state index >= 15 is 0 Å². The van der Waals surface area contributed by atoms with E-state index in [2.05, 4.69) is 0 Å². The number of rotatable bonds is 4. The second-order valence-corrected chi connectivity index (χ2v) is 7.75. The second kappa shape index (κ2) is 6.24. The van der Waals surface area contributed by atoms with Crippen molar-refractivity contribution in [2.24, 2.45) is 11.8 Å². The van der Waals surface area contributed by atoms with Gasteiger partial charge in [0, 0.05) is 33.7 Å². The van der Waals surface area contributed by atoms with Crippen LogP contribution in [0.5, 0.6) is 11.5 Å². The molecule has 0 N–H and O–H groups in total. The number of fused-ring (bicyclic) bond motifs is 9. The molecule has 0 spiro atoms. The minimum atomic E-state index is -0.451. The number of hydrogen-bond acceptors (Lipinski definition) is 6. The molecular formula is C23H22O6. The Kier molecular flexibility index (Phi) is 3.88. The highest BCUT2D eigenvalue weighted by Gasteiger charge is 2.64. The maximum absolute atomic E-state index is 12.5. The van der Waals surface area contributed by atoms with E-state index in [9.17, 15) is 9.59 Å². The van der Waals surface area contributed by atoms with Gasteiger partial charge in [-0.05, 0) is 18.3 Å². The first kappa shape index (κ1) is 18.0. The van der Waals surface area contributed by atoms with Gasteiger partial charge < -0.3 is 18.9 Å². The van der Waals surface area contributed by atoms with Crippen molar-refractivity contribution >= 4 is 22.7 Å². The predicted molar refractivity (Wildman–Crippen MR) is 105 cm³/mol. The Morgan fingerprint density at radius 3 is 1.52 bits per heavy atom. The molecule has 5 rings (SSSR count). The Morgan fingerprint density at radius 2 is 1.17 bits per heavy atom. The molecule has 4 unspecified atom stereocenters. The molecule has 0 amide bonds. The van der Waals surface area contributed by atoms with Crippen LogP contribution in [-0.2, 0) is 19.1 Å². The quantitative estimate of drug-likeness (QED) is 0.741. The summed E-state index contributed by atoms with van der Waals surface area (Å²) in [7, 11) is 6.04. The molecular weight excluding hydrogens is 372 g/mol. The van der Waals surface area contributed by atoms with Crippen LogP contribution in [-0.4, -0.2) is 40.4 Å². The van der Waals surface area contributed by atoms with Crippen LogP contribution in [0.3, 0.4) is 0 Å². The number of carbonyl (C=O) groups excluding carboxylic acids is 2. The minimum absolute atomic E-state index is 0.0613. The van der Waals surface area contributed by atoms with Gasteiger partial charge in [0.2, 0.25) is 0 Å². The van der Waals surface area contributed by atoms with Crippen molar-refractivity contribution in [1.29, 1.82) is 0 Å². The van der Waals surface area contributed by atoms with Crippen molar-refractivity contribution in [3.63, 3.8) is 0 Å². The van der Waals surface area contributed by atoms with Crippen molar-refractivity contribution in [1.82, 2.24) is 0 Å². The highest BCUT2D eigenvalue weighted by Crippen LogP contribution is 2.72. The van der Waals surface area contributed by atoms with Gasteiger partial charge in [-0.2, -0.15) is 0 Å². The molecule has 0 aliphatic heterocycles. The van der Waals surface area contributed by atoms with Crippen LogP contribution in [0, 0.1) is 11.8 Å². The molecule has 4 atom stereocenters. The minimum Gasteiger partial charge on any atom is -0.496 e. The lowest BCUT2D eigenvalue weighted by Gasteiger charge is -2.43. The topological polar surface area (TPSA) is 71.1 Å². The summed E-state index contributed by atoms with van der Waals surface area (Å²) in [4.78, 5) is 25.0. The lowest BCUT2D eigenvalue weighted by molar-refractivity contribution is -0.142. The van der Waals surface area contributed by atoms with Crippen LogP contribution in [0.2, 0.25) is 0 Å². The van der Waals surface area contributed by atoms with Crippen molar-refractivity contribution < 1.29 is 28.5 Å². The molecule has 2 aromatic carbocycles. The normalized spacial score (nSPS) is 25.9. The fourth-order valence-electron chi connectivity index (χ4n) is 5.99. The summed E-state index contributed by atoms with van der Waals surface area (Å²) < 4.78 is 21.7. The molecule has 1 saturated carbocycles. The molecule has 1 fully saturated rings. The summed E-state index contributed by atoms with van der Waals surface area (Å²) in [6.45, 7) is 0. The molecule has 150 valence electrons. The molecule has 3 aliphatic carbocycles. The van der Waals surface area contributed by atoms with Gasteiger partial charge in [-0.15, -0.1) is 0 Å². The van der Waals surface area contributed by atoms with Gasteiger partial charge in [0.05, 0.1) is 39.6 Å². The van der Waals surface area contributed by atoms with E-state index in [-0.39, 0.29) is 23.7 Å². The maximum Gasteiger partial charge on any atom is 0.334 e. The number of esters is 2. The van der Waals surface area contributed by atoms with Crippen molar-refractivity contribution in [2.75, 3.05) is 28.4 Å². The smallest absolute Gasteiger partial charge is 0.334 e. The molecule has 0 saturated heterocycles. The Hall–Kier alpha value is -3.02. The van der Waals surface area contributed by atoms with E-state index in [1.807, 2.05) is 24.3 Å². The monoisotopic (exact) mass is 394 g/mol. The predicted octanol–water partition coefficient (Wildman–Crippen LogP) is 3.33. The Morgan fingerprint density at radius 1 is 0.759 bits per heavy atom. The zero-order valence-electron chi connectivity index (χ0n) is 16.8. The van der Waals surface area contributed by atoms with Crippen LogP contribution < -0.4 is 9.47 Å². The maximum atomic E-state index is 12.5. The summed E-state index contributed by atoms with van der Waals surface area (Å²) in [5.41, 5.74) is 3.10. The highest BCUT2D eigenvalue weighted by molar-refractivity contribution is 6.06. The van der Waals surface area contributed by atoms with Crippen molar-refractivity contribution in [3.05, 3.63) is 46.5 Å². The average Bonchev–Trinajstić information content (AvgIpc) is 3.24. The zero-order valence-corrected chi connectivity index (χ0v) is 16.8. The van der Waals surface area contributed by atoms with Crippen LogP contribution >= 0.6 is 0 Å². The lowest BCUT2D eigenvalue weighted by Crippen LogP contribution is -2.42. The van der Waals surface area contributed by atoms with E-state index in [4.69, 9.17) is 18.9 Å². The van der Waals surface area contributed by atoms with Crippen molar-refractivity contribution in [2.45, 2.75) is 18.3 Å². The molecule has 29 heavy (non-hydrogen) atoms. The molecule has 0 aromatic heterocycles. The standard InChI is InChI=1S/C23H22O6/c1-26-20-10-7-5-6-8-11(10)21(27-2)17-13-9-12(16(17)20)14-15(13)19(23(25)29-4)18(14)22(24)28-3/h5-8,12-15H,9H2,1-4H3. The first-order valence-electron chi connectivity index (χ1n) is 9.66. The van der Waals surface area contributed by atoms with Gasteiger partial charge in [0.1, 0.15) is 11.5 Å². The third-order valence-electron chi connectivity index (χ3n) is 6.87. The van der Waals surface area contributed by atoms with Gasteiger partial charge in [-0.25, -0.2) is 9.59 Å². The Labute approximate surface area is 168 Å². The zero-order chi connectivity index (χ0) is 20.4. The molecule has 2 aromatic rings. The summed E-state index contributed by atoms with van der Waals surface area (Å²) >= 11 is 0. The van der Waals surface area contributed by atoms with Crippen LogP contribution in [0.25, 0.3) is 10.8 Å². The molecule has 3 aliphatic rings. The first-order valence-corrected chi connectivity index (χ1v) is 9.66. The lowest BCUT2D eigenvalue weighted by atomic mass is 9.59. The van der Waals surface area contributed by atoms with Crippen molar-refractivity contribution in [3.8, 4) is 11.5 Å². The number of hydrogen-bond donors (Lipinski definition) is 0. The Bertz CT molecular complexity index is 1010. The molecule has 0 radical (unpaired) electrons. The molecule has 6 heteroatoms. The molecule has 0 heterocycles. The SMILES string of the molecule is COC(=O)C1=C(C(=O)OC)C2C3CC(c4c3c(OC)c3ccccc3c4OC)C12. The Balaban J connectivity index is 1.77. The van der Waals surface area contributed by atoms with E-state index in [1.165, 1.54) is 14.2 Å². The summed E-state index contributed by atoms with van der Waals surface area (Å²) in [5, 5.41) is 1.98. The third kappa shape index (κ3) is 2.06. The first-order chi connectivity index (χ1) is 14.1. The average molecular weight is 394 g/mol. The van der Waals surface area contributed by atoms with Crippen LogP contribution in [0.15, 0.2) is 35.4 Å². The van der Waals surface area contributed by atoms with Gasteiger partial charge in [0.25, 0.3) is 0 Å². The van der Waals surface area contributed by atoms with E-state index < -0.39 is 11.9 Å². The van der Waals surface area contributed by atoms with E-state index in [1.54, 1.807) is 14.2 Å². The summed E-state index contributed by atoms with van der Waals surface area (Å²) in [6, 6.07) is 8.01. The number of carbonyl (C=O) groups is 2. The van der Waals surface area contributed by atoms with Crippen LogP contribution in [0.1, 0.15) is 29.4 Å². The van der Waals surface area contributed by atoms with E-state index in [0.717, 1.165) is 39.8 Å². The highest BCUT2D eigenvalue weighted by atomic mass is 16.5. The number of ether oxygens (including phenoxy) is 4. The third-order valence-corrected chi connectivity index (χ3v) is 6.87. The summed E-state index contributed by atoms with van der Waals surface area (Å²) in [5.74, 6) is 0.797. The largest absolute Gasteiger partial charge is 0.496 e. The van der Waals surface area contributed by atoms with Gasteiger partial charge in [-0.1, -0.05) is 24.3 Å². The number of methoxy groups -OCH3 is 4. The van der Waals surface area contributed by atoms with Crippen LogP contribution in [0.4, 0.5) is 0 Å².